The number of phenolic OH excluding ortho intramolecular Hbond substituents is 1. The van der Waals surface area contributed by atoms with Gasteiger partial charge >= 0.3 is 0 Å². The fourth-order valence-electron chi connectivity index (χ4n) is 2.96. The van der Waals surface area contributed by atoms with Crippen LogP contribution in [0.1, 0.15) is 36.8 Å². The number of nitrogens with two attached hydrogens (primary N) is 1. The van der Waals surface area contributed by atoms with Crippen molar-refractivity contribution < 1.29 is 9.50 Å². The molecule has 4 heteroatoms. The summed E-state index contributed by atoms with van der Waals surface area (Å²) in [6.45, 7) is 2.35. The van der Waals surface area contributed by atoms with E-state index in [1.807, 2.05) is 6.92 Å². The Morgan fingerprint density at radius 3 is 2.59 bits per heavy atom. The fourth-order valence-corrected chi connectivity index (χ4v) is 3.36. The second kappa shape index (κ2) is 4.58. The van der Waals surface area contributed by atoms with Crippen LogP contribution in [0, 0.1) is 12.7 Å². The number of hydrogen-bond donors (Lipinski definition) is 2. The van der Waals surface area contributed by atoms with Gasteiger partial charge in [0.25, 0.3) is 0 Å². The van der Waals surface area contributed by atoms with Crippen LogP contribution in [0.2, 0.25) is 0 Å². The molecule has 0 saturated heterocycles. The first-order valence-corrected chi connectivity index (χ1v) is 6.69. The minimum atomic E-state index is -0.572. The molecule has 0 atom stereocenters. The smallest absolute Gasteiger partial charge is 0.166 e. The van der Waals surface area contributed by atoms with Crippen molar-refractivity contribution in [2.45, 2.75) is 38.0 Å². The molecule has 1 aliphatic carbocycles. The number of rotatable bonds is 2. The van der Waals surface area contributed by atoms with Gasteiger partial charge in [0.2, 0.25) is 0 Å². The normalized spacial score (nSPS) is 18.6. The van der Waals surface area contributed by atoms with Gasteiger partial charge in [0.05, 0.1) is 0 Å². The van der Waals surface area contributed by atoms with Gasteiger partial charge in [-0.25, -0.2) is 4.39 Å². The number of halogens is 2. The third-order valence-electron chi connectivity index (χ3n) is 3.93. The molecule has 0 radical (unpaired) electrons. The molecule has 1 aromatic carbocycles. The topological polar surface area (TPSA) is 46.2 Å². The first-order valence-electron chi connectivity index (χ1n) is 5.90. The molecular weight excluding hydrogens is 285 g/mol. The highest BCUT2D eigenvalue weighted by molar-refractivity contribution is 9.10. The van der Waals surface area contributed by atoms with Crippen LogP contribution in [0.15, 0.2) is 10.5 Å². The summed E-state index contributed by atoms with van der Waals surface area (Å²) in [6, 6.07) is 1.31. The van der Waals surface area contributed by atoms with Crippen LogP contribution in [0.3, 0.4) is 0 Å². The van der Waals surface area contributed by atoms with E-state index in [4.69, 9.17) is 5.73 Å². The summed E-state index contributed by atoms with van der Waals surface area (Å²) in [5, 5.41) is 10.0. The van der Waals surface area contributed by atoms with Crippen molar-refractivity contribution in [3.05, 3.63) is 27.5 Å². The molecule has 0 amide bonds. The molecule has 1 aliphatic rings. The van der Waals surface area contributed by atoms with E-state index in [2.05, 4.69) is 15.9 Å². The van der Waals surface area contributed by atoms with Crippen molar-refractivity contribution in [2.75, 3.05) is 6.54 Å². The SMILES string of the molecule is Cc1c(Br)cc(F)c(O)c1C1(CN)CCCC1. The molecule has 1 fully saturated rings. The zero-order valence-corrected chi connectivity index (χ0v) is 11.5. The molecule has 2 rings (SSSR count). The number of aromatic hydroxyl groups is 1. The molecule has 2 nitrogen and oxygen atoms in total. The fraction of sp³-hybridized carbons (Fsp3) is 0.538. The predicted molar refractivity (Wildman–Crippen MR) is 69.7 cm³/mol. The van der Waals surface area contributed by atoms with Crippen molar-refractivity contribution in [1.82, 2.24) is 0 Å². The number of hydrogen-bond acceptors (Lipinski definition) is 2. The highest BCUT2D eigenvalue weighted by Crippen LogP contribution is 2.47. The summed E-state index contributed by atoms with van der Waals surface area (Å²) in [4.78, 5) is 0. The lowest BCUT2D eigenvalue weighted by molar-refractivity contribution is 0.381. The van der Waals surface area contributed by atoms with Gasteiger partial charge in [0, 0.05) is 22.0 Å². The molecule has 1 saturated carbocycles. The second-order valence-electron chi connectivity index (χ2n) is 4.88. The van der Waals surface area contributed by atoms with Crippen molar-refractivity contribution in [2.24, 2.45) is 5.73 Å². The largest absolute Gasteiger partial charge is 0.505 e. The molecule has 1 aromatic rings. The quantitative estimate of drug-likeness (QED) is 0.880. The third-order valence-corrected chi connectivity index (χ3v) is 4.76. The molecule has 0 spiro atoms. The van der Waals surface area contributed by atoms with Gasteiger partial charge in [-0.3, -0.25) is 0 Å². The first kappa shape index (κ1) is 12.8. The van der Waals surface area contributed by atoms with E-state index in [0.29, 0.717) is 16.6 Å². The molecule has 0 aromatic heterocycles. The highest BCUT2D eigenvalue weighted by Gasteiger charge is 2.38. The summed E-state index contributed by atoms with van der Waals surface area (Å²) >= 11 is 3.34. The van der Waals surface area contributed by atoms with E-state index in [1.165, 1.54) is 6.07 Å². The minimum absolute atomic E-state index is 0.224. The summed E-state index contributed by atoms with van der Waals surface area (Å²) in [6.07, 6.45) is 4.02. The van der Waals surface area contributed by atoms with Crippen LogP contribution >= 0.6 is 15.9 Å². The van der Waals surface area contributed by atoms with Gasteiger partial charge in [-0.1, -0.05) is 28.8 Å². The molecular formula is C13H17BrFNO. The summed E-state index contributed by atoms with van der Waals surface area (Å²) in [7, 11) is 0. The standard InChI is InChI=1S/C13H17BrFNO/c1-8-9(14)6-10(15)12(17)11(8)13(7-16)4-2-3-5-13/h6,17H,2-5,7,16H2,1H3. The Morgan fingerprint density at radius 1 is 1.47 bits per heavy atom. The van der Waals surface area contributed by atoms with Gasteiger partial charge in [-0.2, -0.15) is 0 Å². The van der Waals surface area contributed by atoms with Gasteiger partial charge in [0.1, 0.15) is 0 Å². The first-order chi connectivity index (χ1) is 8.02. The zero-order valence-electron chi connectivity index (χ0n) is 9.89. The van der Waals surface area contributed by atoms with Crippen LogP contribution in [0.25, 0.3) is 0 Å². The molecule has 0 aliphatic heterocycles. The summed E-state index contributed by atoms with van der Waals surface area (Å²) in [5.41, 5.74) is 7.24. The van der Waals surface area contributed by atoms with Gasteiger partial charge in [0.15, 0.2) is 11.6 Å². The number of phenols is 1. The van der Waals surface area contributed by atoms with Crippen molar-refractivity contribution in [3.63, 3.8) is 0 Å². The van der Waals surface area contributed by atoms with Crippen LogP contribution in [-0.4, -0.2) is 11.7 Å². The van der Waals surface area contributed by atoms with Gasteiger partial charge < -0.3 is 10.8 Å². The Labute approximate surface area is 109 Å². The monoisotopic (exact) mass is 301 g/mol. The molecule has 0 heterocycles. The Bertz CT molecular complexity index is 415. The van der Waals surface area contributed by atoms with Crippen LogP contribution in [0.4, 0.5) is 4.39 Å². The van der Waals surface area contributed by atoms with Crippen LogP contribution in [-0.2, 0) is 5.41 Å². The Morgan fingerprint density at radius 2 is 2.06 bits per heavy atom. The lowest BCUT2D eigenvalue weighted by atomic mass is 9.76. The maximum Gasteiger partial charge on any atom is 0.166 e. The molecule has 0 bridgehead atoms. The average Bonchev–Trinajstić information content (AvgIpc) is 2.77. The highest BCUT2D eigenvalue weighted by atomic mass is 79.9. The van der Waals surface area contributed by atoms with Crippen molar-refractivity contribution in [3.8, 4) is 5.75 Å². The maximum absolute atomic E-state index is 13.7. The van der Waals surface area contributed by atoms with E-state index < -0.39 is 5.82 Å². The van der Waals surface area contributed by atoms with Gasteiger partial charge in [-0.15, -0.1) is 0 Å². The molecule has 17 heavy (non-hydrogen) atoms. The Balaban J connectivity index is 2.65. The lowest BCUT2D eigenvalue weighted by Crippen LogP contribution is -2.33. The van der Waals surface area contributed by atoms with Crippen LogP contribution in [0.5, 0.6) is 5.75 Å². The Kier molecular flexibility index (Phi) is 3.46. The molecule has 94 valence electrons. The van der Waals surface area contributed by atoms with Crippen LogP contribution < -0.4 is 5.73 Å². The summed E-state index contributed by atoms with van der Waals surface area (Å²) < 4.78 is 14.4. The lowest BCUT2D eigenvalue weighted by Gasteiger charge is -2.31. The van der Waals surface area contributed by atoms with E-state index in [0.717, 1.165) is 31.2 Å². The van der Waals surface area contributed by atoms with Gasteiger partial charge in [-0.05, 0) is 31.4 Å². The predicted octanol–water partition coefficient (Wildman–Crippen LogP) is 3.37. The maximum atomic E-state index is 13.7. The molecule has 0 unspecified atom stereocenters. The third kappa shape index (κ3) is 1.97. The zero-order chi connectivity index (χ0) is 12.6. The van der Waals surface area contributed by atoms with Crippen molar-refractivity contribution >= 4 is 15.9 Å². The second-order valence-corrected chi connectivity index (χ2v) is 5.73. The average molecular weight is 302 g/mol. The van der Waals surface area contributed by atoms with E-state index in [-0.39, 0.29) is 11.2 Å². The minimum Gasteiger partial charge on any atom is -0.505 e. The van der Waals surface area contributed by atoms with E-state index in [9.17, 15) is 9.50 Å². The number of benzene rings is 1. The summed E-state index contributed by atoms with van der Waals surface area (Å²) in [5.74, 6) is -0.796. The van der Waals surface area contributed by atoms with Crippen molar-refractivity contribution in [1.29, 1.82) is 0 Å². The van der Waals surface area contributed by atoms with E-state index >= 15 is 0 Å². The Hall–Kier alpha value is -0.610. The molecule has 3 N–H and O–H groups in total. The van der Waals surface area contributed by atoms with E-state index in [1.54, 1.807) is 0 Å².